The fourth-order valence-electron chi connectivity index (χ4n) is 1.72. The predicted molar refractivity (Wildman–Crippen MR) is 64.5 cm³/mol. The summed E-state index contributed by atoms with van der Waals surface area (Å²) in [6, 6.07) is 0.328. The second-order valence-electron chi connectivity index (χ2n) is 3.58. The van der Waals surface area contributed by atoms with Crippen molar-refractivity contribution in [2.24, 2.45) is 5.73 Å². The van der Waals surface area contributed by atoms with Crippen LogP contribution in [0.15, 0.2) is 0 Å². The highest BCUT2D eigenvalue weighted by atomic mass is 32.2. The van der Waals surface area contributed by atoms with Gasteiger partial charge in [-0.1, -0.05) is 12.2 Å². The molecule has 1 saturated carbocycles. The molecule has 2 unspecified atom stereocenters. The quantitative estimate of drug-likeness (QED) is 0.712. The Hall–Kier alpha value is -0.290. The summed E-state index contributed by atoms with van der Waals surface area (Å²) >= 11 is 6.55. The van der Waals surface area contributed by atoms with E-state index in [2.05, 4.69) is 23.8 Å². The molecule has 0 aliphatic heterocycles. The molecule has 1 aliphatic rings. The van der Waals surface area contributed by atoms with Crippen LogP contribution in [0, 0.1) is 0 Å². The molecule has 0 spiro atoms. The van der Waals surface area contributed by atoms with E-state index in [4.69, 9.17) is 5.73 Å². The number of amides is 1. The molecule has 3 nitrogen and oxygen atoms in total. The lowest BCUT2D eigenvalue weighted by Gasteiger charge is -2.12. The Bertz CT molecular complexity index is 233. The fourth-order valence-corrected chi connectivity index (χ4v) is 2.65. The van der Waals surface area contributed by atoms with E-state index >= 15 is 0 Å². The number of thiocarbonyl (C=S) groups is 1. The molecule has 5 heteroatoms. The summed E-state index contributed by atoms with van der Waals surface area (Å²) in [5.41, 5.74) is 5.29. The Morgan fingerprint density at radius 1 is 1.64 bits per heavy atom. The molecule has 2 atom stereocenters. The fraction of sp³-hybridized carbons (Fsp3) is 0.778. The molecule has 1 rings (SSSR count). The van der Waals surface area contributed by atoms with Crippen LogP contribution < -0.4 is 11.1 Å². The Balaban J connectivity index is 2.25. The van der Waals surface area contributed by atoms with Crippen molar-refractivity contribution >= 4 is 34.9 Å². The smallest absolute Gasteiger partial charge is 0.227 e. The van der Waals surface area contributed by atoms with Crippen LogP contribution in [0.25, 0.3) is 0 Å². The summed E-state index contributed by atoms with van der Waals surface area (Å²) in [7, 11) is 0. The minimum atomic E-state index is -0.0377. The third-order valence-corrected chi connectivity index (χ3v) is 3.66. The molecule has 0 aromatic rings. The SMILES string of the molecule is CSC1CCC(NC(=O)CC(N)=S)C1. The highest BCUT2D eigenvalue weighted by Gasteiger charge is 2.24. The average molecular weight is 232 g/mol. The Morgan fingerprint density at radius 2 is 2.36 bits per heavy atom. The van der Waals surface area contributed by atoms with Gasteiger partial charge in [0.2, 0.25) is 5.91 Å². The lowest BCUT2D eigenvalue weighted by atomic mass is 10.2. The summed E-state index contributed by atoms with van der Waals surface area (Å²) in [5.74, 6) is -0.0377. The van der Waals surface area contributed by atoms with Crippen molar-refractivity contribution in [3.05, 3.63) is 0 Å². The molecule has 0 bridgehead atoms. The zero-order valence-corrected chi connectivity index (χ0v) is 9.92. The van der Waals surface area contributed by atoms with Gasteiger partial charge in [0, 0.05) is 11.3 Å². The van der Waals surface area contributed by atoms with Gasteiger partial charge >= 0.3 is 0 Å². The van der Waals surface area contributed by atoms with Gasteiger partial charge in [0.25, 0.3) is 0 Å². The molecule has 14 heavy (non-hydrogen) atoms. The first-order valence-corrected chi connectivity index (χ1v) is 6.42. The molecule has 1 fully saturated rings. The van der Waals surface area contributed by atoms with Crippen LogP contribution in [0.1, 0.15) is 25.7 Å². The third-order valence-electron chi connectivity index (χ3n) is 2.42. The van der Waals surface area contributed by atoms with Gasteiger partial charge in [-0.15, -0.1) is 0 Å². The van der Waals surface area contributed by atoms with Crippen LogP contribution in [-0.4, -0.2) is 28.4 Å². The molecule has 0 aromatic heterocycles. The zero-order chi connectivity index (χ0) is 10.6. The molecule has 80 valence electrons. The van der Waals surface area contributed by atoms with E-state index in [0.717, 1.165) is 12.8 Å². The van der Waals surface area contributed by atoms with Gasteiger partial charge in [0.15, 0.2) is 0 Å². The maximum Gasteiger partial charge on any atom is 0.227 e. The lowest BCUT2D eigenvalue weighted by molar-refractivity contribution is -0.120. The van der Waals surface area contributed by atoms with E-state index in [1.54, 1.807) is 0 Å². The molecule has 1 amide bonds. The van der Waals surface area contributed by atoms with Crippen LogP contribution in [-0.2, 0) is 4.79 Å². The van der Waals surface area contributed by atoms with Crippen molar-refractivity contribution in [2.45, 2.75) is 37.0 Å². The number of hydrogen-bond donors (Lipinski definition) is 2. The van der Waals surface area contributed by atoms with Gasteiger partial charge in [-0.05, 0) is 25.5 Å². The van der Waals surface area contributed by atoms with Crippen LogP contribution in [0.4, 0.5) is 0 Å². The van der Waals surface area contributed by atoms with Gasteiger partial charge < -0.3 is 11.1 Å². The van der Waals surface area contributed by atoms with Crippen LogP contribution in [0.2, 0.25) is 0 Å². The number of nitrogens with one attached hydrogen (secondary N) is 1. The Morgan fingerprint density at radius 3 is 2.86 bits per heavy atom. The van der Waals surface area contributed by atoms with Crippen LogP contribution >= 0.6 is 24.0 Å². The normalized spacial score (nSPS) is 26.1. The first-order valence-electron chi connectivity index (χ1n) is 4.72. The first kappa shape index (κ1) is 11.8. The summed E-state index contributed by atoms with van der Waals surface area (Å²) in [5, 5.41) is 3.65. The van der Waals surface area contributed by atoms with Crippen LogP contribution in [0.3, 0.4) is 0 Å². The van der Waals surface area contributed by atoms with Crippen molar-refractivity contribution in [2.75, 3.05) is 6.26 Å². The molecule has 1 aliphatic carbocycles. The molecule has 0 aromatic carbocycles. The van der Waals surface area contributed by atoms with Crippen molar-refractivity contribution in [3.63, 3.8) is 0 Å². The topological polar surface area (TPSA) is 55.1 Å². The summed E-state index contributed by atoms with van der Waals surface area (Å²) < 4.78 is 0. The monoisotopic (exact) mass is 232 g/mol. The minimum Gasteiger partial charge on any atom is -0.393 e. The van der Waals surface area contributed by atoms with Crippen molar-refractivity contribution < 1.29 is 4.79 Å². The molecule has 0 radical (unpaired) electrons. The van der Waals surface area contributed by atoms with E-state index in [9.17, 15) is 4.79 Å². The van der Waals surface area contributed by atoms with E-state index in [-0.39, 0.29) is 17.3 Å². The maximum atomic E-state index is 11.3. The average Bonchev–Trinajstić information content (AvgIpc) is 2.50. The molecular formula is C9H16N2OS2. The Labute approximate surface area is 94.2 Å². The summed E-state index contributed by atoms with van der Waals surface area (Å²) in [4.78, 5) is 11.6. The molecular weight excluding hydrogens is 216 g/mol. The molecule has 0 saturated heterocycles. The van der Waals surface area contributed by atoms with Gasteiger partial charge in [0.1, 0.15) is 0 Å². The molecule has 0 heterocycles. The van der Waals surface area contributed by atoms with Gasteiger partial charge in [-0.3, -0.25) is 4.79 Å². The number of carbonyl (C=O) groups excluding carboxylic acids is 1. The number of hydrogen-bond acceptors (Lipinski definition) is 3. The number of rotatable bonds is 4. The zero-order valence-electron chi connectivity index (χ0n) is 8.29. The van der Waals surface area contributed by atoms with E-state index in [1.807, 2.05) is 11.8 Å². The predicted octanol–water partition coefficient (Wildman–Crippen LogP) is 1.06. The van der Waals surface area contributed by atoms with Gasteiger partial charge in [0.05, 0.1) is 11.4 Å². The van der Waals surface area contributed by atoms with E-state index in [0.29, 0.717) is 11.3 Å². The van der Waals surface area contributed by atoms with Crippen molar-refractivity contribution in [1.82, 2.24) is 5.32 Å². The lowest BCUT2D eigenvalue weighted by Crippen LogP contribution is -2.35. The number of nitrogens with two attached hydrogens (primary N) is 1. The summed E-state index contributed by atoms with van der Waals surface area (Å²) in [6.07, 6.45) is 5.64. The second kappa shape index (κ2) is 5.56. The minimum absolute atomic E-state index is 0.0377. The summed E-state index contributed by atoms with van der Waals surface area (Å²) in [6.45, 7) is 0. The second-order valence-corrected chi connectivity index (χ2v) is 5.24. The van der Waals surface area contributed by atoms with E-state index in [1.165, 1.54) is 6.42 Å². The highest BCUT2D eigenvalue weighted by Crippen LogP contribution is 2.28. The van der Waals surface area contributed by atoms with Gasteiger partial charge in [-0.2, -0.15) is 11.8 Å². The number of thioether (sulfide) groups is 1. The first-order chi connectivity index (χ1) is 6.61. The largest absolute Gasteiger partial charge is 0.393 e. The molecule has 3 N–H and O–H groups in total. The third kappa shape index (κ3) is 3.84. The van der Waals surface area contributed by atoms with Gasteiger partial charge in [-0.25, -0.2) is 0 Å². The maximum absolute atomic E-state index is 11.3. The Kier molecular flexibility index (Phi) is 4.68. The number of carbonyl (C=O) groups is 1. The van der Waals surface area contributed by atoms with Crippen molar-refractivity contribution in [3.8, 4) is 0 Å². The highest BCUT2D eigenvalue weighted by molar-refractivity contribution is 7.99. The van der Waals surface area contributed by atoms with E-state index < -0.39 is 0 Å². The standard InChI is InChI=1S/C9H16N2OS2/c1-14-7-3-2-6(4-7)11-9(12)5-8(10)13/h6-7H,2-5H2,1H3,(H2,10,13)(H,11,12). The van der Waals surface area contributed by atoms with Crippen molar-refractivity contribution in [1.29, 1.82) is 0 Å². The van der Waals surface area contributed by atoms with Crippen LogP contribution in [0.5, 0.6) is 0 Å².